The van der Waals surface area contributed by atoms with Crippen molar-refractivity contribution in [1.82, 2.24) is 10.2 Å². The molecule has 0 aliphatic carbocycles. The standard InChI is InChI=1S/C13H24N2O3/c1-4-6-11-13(17)15(7-5-8-18-3)10(2)9-12(16)14-11/h10-11H,4-9H2,1-3H3,(H,14,16). The van der Waals surface area contributed by atoms with Gasteiger partial charge in [-0.3, -0.25) is 9.59 Å². The molecule has 104 valence electrons. The zero-order valence-corrected chi connectivity index (χ0v) is 11.6. The molecule has 0 aromatic rings. The van der Waals surface area contributed by atoms with Crippen LogP contribution in [0.2, 0.25) is 0 Å². The van der Waals surface area contributed by atoms with E-state index in [4.69, 9.17) is 4.74 Å². The fourth-order valence-electron chi connectivity index (χ4n) is 2.31. The summed E-state index contributed by atoms with van der Waals surface area (Å²) in [5, 5.41) is 2.82. The van der Waals surface area contributed by atoms with Crippen LogP contribution < -0.4 is 5.32 Å². The molecular weight excluding hydrogens is 232 g/mol. The average Bonchev–Trinajstić information content (AvgIpc) is 2.41. The molecule has 0 bridgehead atoms. The predicted octanol–water partition coefficient (Wildman–Crippen LogP) is 0.929. The minimum Gasteiger partial charge on any atom is -0.385 e. The Labute approximate surface area is 109 Å². The summed E-state index contributed by atoms with van der Waals surface area (Å²) in [6.45, 7) is 5.24. The van der Waals surface area contributed by atoms with E-state index in [1.54, 1.807) is 7.11 Å². The highest BCUT2D eigenvalue weighted by Gasteiger charge is 2.32. The van der Waals surface area contributed by atoms with Crippen molar-refractivity contribution in [3.8, 4) is 0 Å². The molecule has 1 aliphatic heterocycles. The molecule has 18 heavy (non-hydrogen) atoms. The average molecular weight is 256 g/mol. The highest BCUT2D eigenvalue weighted by molar-refractivity contribution is 5.90. The fraction of sp³-hybridized carbons (Fsp3) is 0.846. The number of hydrogen-bond acceptors (Lipinski definition) is 3. The second kappa shape index (κ2) is 7.36. The van der Waals surface area contributed by atoms with Crippen molar-refractivity contribution in [3.63, 3.8) is 0 Å². The Morgan fingerprint density at radius 1 is 1.44 bits per heavy atom. The SMILES string of the molecule is CCCC1NC(=O)CC(C)N(CCCOC)C1=O. The number of carbonyl (C=O) groups excluding carboxylic acids is 2. The quantitative estimate of drug-likeness (QED) is 0.719. The van der Waals surface area contributed by atoms with Gasteiger partial charge in [-0.2, -0.15) is 0 Å². The van der Waals surface area contributed by atoms with Crippen molar-refractivity contribution in [2.75, 3.05) is 20.3 Å². The molecule has 2 amide bonds. The molecular formula is C13H24N2O3. The van der Waals surface area contributed by atoms with Gasteiger partial charge >= 0.3 is 0 Å². The number of ether oxygens (including phenoxy) is 1. The number of nitrogens with zero attached hydrogens (tertiary/aromatic N) is 1. The molecule has 0 spiro atoms. The second-order valence-electron chi connectivity index (χ2n) is 4.84. The number of methoxy groups -OCH3 is 1. The monoisotopic (exact) mass is 256 g/mol. The molecule has 1 rings (SSSR count). The second-order valence-corrected chi connectivity index (χ2v) is 4.84. The molecule has 1 N–H and O–H groups in total. The minimum absolute atomic E-state index is 0.0245. The maximum atomic E-state index is 12.4. The van der Waals surface area contributed by atoms with Crippen molar-refractivity contribution in [2.45, 2.75) is 51.6 Å². The Kier molecular flexibility index (Phi) is 6.12. The number of nitrogens with one attached hydrogen (secondary N) is 1. The van der Waals surface area contributed by atoms with Crippen LogP contribution in [0.25, 0.3) is 0 Å². The number of amides is 2. The predicted molar refractivity (Wildman–Crippen MR) is 69.1 cm³/mol. The molecule has 0 aromatic heterocycles. The van der Waals surface area contributed by atoms with E-state index in [2.05, 4.69) is 5.32 Å². The van der Waals surface area contributed by atoms with Gasteiger partial charge < -0.3 is 15.0 Å². The van der Waals surface area contributed by atoms with E-state index < -0.39 is 0 Å². The van der Waals surface area contributed by atoms with E-state index >= 15 is 0 Å². The lowest BCUT2D eigenvalue weighted by atomic mass is 10.1. The molecule has 0 aromatic carbocycles. The summed E-state index contributed by atoms with van der Waals surface area (Å²) in [4.78, 5) is 25.9. The highest BCUT2D eigenvalue weighted by Crippen LogP contribution is 2.14. The van der Waals surface area contributed by atoms with Crippen molar-refractivity contribution in [3.05, 3.63) is 0 Å². The van der Waals surface area contributed by atoms with E-state index in [1.807, 2.05) is 18.7 Å². The zero-order chi connectivity index (χ0) is 13.5. The lowest BCUT2D eigenvalue weighted by Gasteiger charge is -2.28. The maximum absolute atomic E-state index is 12.4. The van der Waals surface area contributed by atoms with Crippen LogP contribution in [0.4, 0.5) is 0 Å². The Bertz CT molecular complexity index is 294. The first-order chi connectivity index (χ1) is 8.60. The summed E-state index contributed by atoms with van der Waals surface area (Å²) < 4.78 is 5.01. The van der Waals surface area contributed by atoms with Crippen LogP contribution in [0, 0.1) is 0 Å². The van der Waals surface area contributed by atoms with Crippen LogP contribution in [0.1, 0.15) is 39.5 Å². The molecule has 1 heterocycles. The maximum Gasteiger partial charge on any atom is 0.245 e. The first kappa shape index (κ1) is 15.0. The summed E-state index contributed by atoms with van der Waals surface area (Å²) in [7, 11) is 1.65. The van der Waals surface area contributed by atoms with Crippen LogP contribution in [-0.2, 0) is 14.3 Å². The van der Waals surface area contributed by atoms with Crippen molar-refractivity contribution < 1.29 is 14.3 Å². The van der Waals surface area contributed by atoms with E-state index in [0.29, 0.717) is 26.0 Å². The molecule has 5 nitrogen and oxygen atoms in total. The normalized spacial score (nSPS) is 24.9. The fourth-order valence-corrected chi connectivity index (χ4v) is 2.31. The van der Waals surface area contributed by atoms with Crippen LogP contribution >= 0.6 is 0 Å². The number of hydrogen-bond donors (Lipinski definition) is 1. The first-order valence-corrected chi connectivity index (χ1v) is 6.69. The summed E-state index contributed by atoms with van der Waals surface area (Å²) in [5.41, 5.74) is 0. The van der Waals surface area contributed by atoms with Crippen LogP contribution in [-0.4, -0.2) is 49.1 Å². The van der Waals surface area contributed by atoms with Crippen molar-refractivity contribution in [1.29, 1.82) is 0 Å². The third-order valence-corrected chi connectivity index (χ3v) is 3.25. The van der Waals surface area contributed by atoms with E-state index in [1.165, 1.54) is 0 Å². The molecule has 0 saturated carbocycles. The Hall–Kier alpha value is -1.10. The Balaban J connectivity index is 2.70. The summed E-state index contributed by atoms with van der Waals surface area (Å²) in [6.07, 6.45) is 2.79. The van der Waals surface area contributed by atoms with Crippen LogP contribution in [0.15, 0.2) is 0 Å². The largest absolute Gasteiger partial charge is 0.385 e. The van der Waals surface area contributed by atoms with Crippen molar-refractivity contribution in [2.24, 2.45) is 0 Å². The van der Waals surface area contributed by atoms with Gasteiger partial charge in [0, 0.05) is 32.7 Å². The van der Waals surface area contributed by atoms with Gasteiger partial charge in [-0.25, -0.2) is 0 Å². The summed E-state index contributed by atoms with van der Waals surface area (Å²) in [6, 6.07) is -0.383. The number of rotatable bonds is 6. The molecule has 1 fully saturated rings. The van der Waals surface area contributed by atoms with E-state index in [9.17, 15) is 9.59 Å². The Morgan fingerprint density at radius 2 is 2.17 bits per heavy atom. The van der Waals surface area contributed by atoms with Gasteiger partial charge in [0.05, 0.1) is 0 Å². The first-order valence-electron chi connectivity index (χ1n) is 6.69. The van der Waals surface area contributed by atoms with Gasteiger partial charge in [-0.1, -0.05) is 13.3 Å². The van der Waals surface area contributed by atoms with Gasteiger partial charge in [-0.15, -0.1) is 0 Å². The van der Waals surface area contributed by atoms with E-state index in [0.717, 1.165) is 12.8 Å². The summed E-state index contributed by atoms with van der Waals surface area (Å²) >= 11 is 0. The lowest BCUT2D eigenvalue weighted by molar-refractivity contribution is -0.135. The van der Waals surface area contributed by atoms with Gasteiger partial charge in [0.25, 0.3) is 0 Å². The molecule has 0 radical (unpaired) electrons. The molecule has 2 atom stereocenters. The van der Waals surface area contributed by atoms with Crippen LogP contribution in [0.3, 0.4) is 0 Å². The van der Waals surface area contributed by atoms with Gasteiger partial charge in [0.1, 0.15) is 6.04 Å². The van der Waals surface area contributed by atoms with Crippen molar-refractivity contribution >= 4 is 11.8 Å². The van der Waals surface area contributed by atoms with Gasteiger partial charge in [0.2, 0.25) is 11.8 Å². The minimum atomic E-state index is -0.352. The lowest BCUT2D eigenvalue weighted by Crippen LogP contribution is -2.46. The third-order valence-electron chi connectivity index (χ3n) is 3.25. The topological polar surface area (TPSA) is 58.6 Å². The van der Waals surface area contributed by atoms with Gasteiger partial charge in [0.15, 0.2) is 0 Å². The smallest absolute Gasteiger partial charge is 0.245 e. The molecule has 1 saturated heterocycles. The third kappa shape index (κ3) is 3.98. The Morgan fingerprint density at radius 3 is 2.78 bits per heavy atom. The van der Waals surface area contributed by atoms with Gasteiger partial charge in [-0.05, 0) is 19.8 Å². The van der Waals surface area contributed by atoms with Crippen LogP contribution in [0.5, 0.6) is 0 Å². The molecule has 1 aliphatic rings. The molecule has 2 unspecified atom stereocenters. The van der Waals surface area contributed by atoms with E-state index in [-0.39, 0.29) is 23.9 Å². The highest BCUT2D eigenvalue weighted by atomic mass is 16.5. The summed E-state index contributed by atoms with van der Waals surface area (Å²) in [5.74, 6) is 0.0230. The number of carbonyl (C=O) groups is 2. The molecule has 5 heteroatoms. The zero-order valence-electron chi connectivity index (χ0n) is 11.6.